The Labute approximate surface area is 233 Å². The van der Waals surface area contributed by atoms with E-state index in [2.05, 4.69) is 26.8 Å². The van der Waals surface area contributed by atoms with Gasteiger partial charge in [-0.2, -0.15) is 0 Å². The maximum absolute atomic E-state index is 11.8. The lowest BCUT2D eigenvalue weighted by atomic mass is 9.47. The zero-order valence-electron chi connectivity index (χ0n) is 24.1. The molecule has 0 bridgehead atoms. The van der Waals surface area contributed by atoms with Gasteiger partial charge in [0, 0.05) is 6.42 Å². The van der Waals surface area contributed by atoms with Crippen LogP contribution in [0.4, 0.5) is 0 Å². The minimum Gasteiger partial charge on any atom is -0.469 e. The number of esters is 1. The van der Waals surface area contributed by atoms with Crippen LogP contribution < -0.4 is 0 Å². The van der Waals surface area contributed by atoms with Crippen LogP contribution in [0.15, 0.2) is 11.6 Å². The first-order valence-corrected chi connectivity index (χ1v) is 15.3. The lowest BCUT2D eigenvalue weighted by molar-refractivity contribution is -0.313. The van der Waals surface area contributed by atoms with Crippen LogP contribution in [0.25, 0.3) is 0 Å². The Morgan fingerprint density at radius 2 is 1.85 bits per heavy atom. The van der Waals surface area contributed by atoms with Gasteiger partial charge in [0.15, 0.2) is 6.29 Å². The zero-order valence-corrected chi connectivity index (χ0v) is 24.1. The molecule has 3 saturated carbocycles. The summed E-state index contributed by atoms with van der Waals surface area (Å²) >= 11 is 0. The van der Waals surface area contributed by atoms with Crippen LogP contribution >= 0.6 is 0 Å². The topological polar surface area (TPSA) is 126 Å². The summed E-state index contributed by atoms with van der Waals surface area (Å²) in [6, 6.07) is 0. The Bertz CT molecular complexity index is 920. The molecule has 5 aliphatic rings. The molecule has 1 saturated heterocycles. The second-order valence-corrected chi connectivity index (χ2v) is 13.8. The van der Waals surface area contributed by atoms with Gasteiger partial charge in [0.05, 0.1) is 19.8 Å². The van der Waals surface area contributed by atoms with E-state index in [1.54, 1.807) is 0 Å². The lowest BCUT2D eigenvalue weighted by Gasteiger charge is -2.58. The summed E-state index contributed by atoms with van der Waals surface area (Å²) in [5.41, 5.74) is 1.93. The third kappa shape index (κ3) is 5.12. The Hall–Kier alpha value is -1.03. The Morgan fingerprint density at radius 1 is 1.08 bits per heavy atom. The molecule has 4 aliphatic carbocycles. The minimum atomic E-state index is -1.42. The van der Waals surface area contributed by atoms with Crippen LogP contribution in [0, 0.1) is 40.4 Å². The summed E-state index contributed by atoms with van der Waals surface area (Å²) in [5, 5.41) is 40.2. The molecule has 222 valence electrons. The highest BCUT2D eigenvalue weighted by atomic mass is 16.7. The fourth-order valence-corrected chi connectivity index (χ4v) is 9.74. The molecule has 0 aromatic carbocycles. The van der Waals surface area contributed by atoms with Crippen molar-refractivity contribution in [2.75, 3.05) is 13.7 Å². The average molecular weight is 551 g/mol. The van der Waals surface area contributed by atoms with Crippen LogP contribution in [0.5, 0.6) is 0 Å². The number of hydrogen-bond acceptors (Lipinski definition) is 8. The molecule has 0 aromatic heterocycles. The monoisotopic (exact) mass is 550 g/mol. The molecule has 1 aliphatic heterocycles. The van der Waals surface area contributed by atoms with Gasteiger partial charge in [0.2, 0.25) is 0 Å². The van der Waals surface area contributed by atoms with E-state index in [9.17, 15) is 25.2 Å². The second-order valence-electron chi connectivity index (χ2n) is 13.8. The Balaban J connectivity index is 1.25. The van der Waals surface area contributed by atoms with Crippen LogP contribution in [0.1, 0.15) is 85.0 Å². The van der Waals surface area contributed by atoms with E-state index in [4.69, 9.17) is 14.2 Å². The standard InChI is InChI=1S/C31H50O8/c1-17(5-10-25(33)37-4)21-8-9-22-20-7-6-18-15-19(11-13-30(18,2)23(20)12-14-31(21,22)3)38-29-28(36)27(35)26(34)24(16-32)39-29/h6,17,19-24,26-29,32,34-36H,5,7-16H2,1-4H3/t17?,19?,20?,21?,22?,23?,24-,26-,27+,28-,29-,30?,31?/m1/s1. The first kappa shape index (κ1) is 29.5. The number of fused-ring (bicyclic) bond motifs is 5. The molecule has 8 nitrogen and oxygen atoms in total. The van der Waals surface area contributed by atoms with Crippen molar-refractivity contribution in [3.05, 3.63) is 11.6 Å². The molecule has 0 radical (unpaired) electrons. The van der Waals surface area contributed by atoms with E-state index in [-0.39, 0.29) is 17.5 Å². The molecule has 4 fully saturated rings. The fourth-order valence-electron chi connectivity index (χ4n) is 9.74. The summed E-state index contributed by atoms with van der Waals surface area (Å²) in [5.74, 6) is 3.16. The molecule has 8 heteroatoms. The summed E-state index contributed by atoms with van der Waals surface area (Å²) < 4.78 is 16.7. The number of aliphatic hydroxyl groups excluding tert-OH is 4. The van der Waals surface area contributed by atoms with Crippen LogP contribution in [-0.2, 0) is 19.0 Å². The van der Waals surface area contributed by atoms with E-state index in [0.717, 1.165) is 38.0 Å². The largest absolute Gasteiger partial charge is 0.469 e. The van der Waals surface area contributed by atoms with Crippen molar-refractivity contribution in [1.82, 2.24) is 0 Å². The molecule has 4 N–H and O–H groups in total. The molecular weight excluding hydrogens is 500 g/mol. The number of carbonyl (C=O) groups is 1. The smallest absolute Gasteiger partial charge is 0.305 e. The number of hydrogen-bond donors (Lipinski definition) is 4. The van der Waals surface area contributed by atoms with Gasteiger partial charge >= 0.3 is 5.97 Å². The molecule has 5 rings (SSSR count). The molecular formula is C31H50O8. The van der Waals surface area contributed by atoms with Crippen LogP contribution in [0.3, 0.4) is 0 Å². The number of allylic oxidation sites excluding steroid dienone is 1. The average Bonchev–Trinajstić information content (AvgIpc) is 3.29. The van der Waals surface area contributed by atoms with Gasteiger partial charge in [-0.3, -0.25) is 4.79 Å². The van der Waals surface area contributed by atoms with Crippen molar-refractivity contribution in [3.8, 4) is 0 Å². The number of rotatable bonds is 7. The maximum atomic E-state index is 11.8. The molecule has 39 heavy (non-hydrogen) atoms. The third-order valence-corrected chi connectivity index (χ3v) is 12.0. The van der Waals surface area contributed by atoms with E-state index in [1.165, 1.54) is 38.4 Å². The van der Waals surface area contributed by atoms with E-state index in [1.807, 2.05) is 0 Å². The predicted molar refractivity (Wildman–Crippen MR) is 144 cm³/mol. The number of carbonyl (C=O) groups excluding carboxylic acids is 1. The minimum absolute atomic E-state index is 0.103. The highest BCUT2D eigenvalue weighted by molar-refractivity contribution is 5.69. The van der Waals surface area contributed by atoms with Gasteiger partial charge in [-0.1, -0.05) is 32.4 Å². The Morgan fingerprint density at radius 3 is 2.56 bits per heavy atom. The molecule has 13 atom stereocenters. The molecule has 0 aromatic rings. The summed E-state index contributed by atoms with van der Waals surface area (Å²) in [4.78, 5) is 11.8. The van der Waals surface area contributed by atoms with E-state index >= 15 is 0 Å². The van der Waals surface area contributed by atoms with Gasteiger partial charge in [-0.15, -0.1) is 0 Å². The number of ether oxygens (including phenoxy) is 3. The first-order chi connectivity index (χ1) is 18.5. The van der Waals surface area contributed by atoms with Crippen molar-refractivity contribution >= 4 is 5.97 Å². The van der Waals surface area contributed by atoms with E-state index < -0.39 is 37.3 Å². The summed E-state index contributed by atoms with van der Waals surface area (Å²) in [6.45, 7) is 6.87. The number of aliphatic hydroxyl groups is 4. The maximum Gasteiger partial charge on any atom is 0.305 e. The lowest BCUT2D eigenvalue weighted by Crippen LogP contribution is -2.60. The zero-order chi connectivity index (χ0) is 28.1. The van der Waals surface area contributed by atoms with Crippen LogP contribution in [-0.4, -0.2) is 76.9 Å². The van der Waals surface area contributed by atoms with Gasteiger partial charge in [-0.25, -0.2) is 0 Å². The van der Waals surface area contributed by atoms with Crippen LogP contribution in [0.2, 0.25) is 0 Å². The second kappa shape index (κ2) is 11.3. The van der Waals surface area contributed by atoms with Crippen molar-refractivity contribution in [2.24, 2.45) is 40.4 Å². The third-order valence-electron chi connectivity index (χ3n) is 12.0. The molecule has 1 heterocycles. The predicted octanol–water partition coefficient (Wildman–Crippen LogP) is 3.34. The SMILES string of the molecule is COC(=O)CCC(C)C1CCC2C3CC=C4CC(O[C@@H]5O[C@H](CO)[C@@H](O)[C@H](O)[C@H]5O)CCC4(C)C3CCC12C. The first-order valence-electron chi connectivity index (χ1n) is 15.3. The van der Waals surface area contributed by atoms with E-state index in [0.29, 0.717) is 35.5 Å². The van der Waals surface area contributed by atoms with Gasteiger partial charge in [-0.05, 0) is 98.2 Å². The molecule has 0 amide bonds. The quantitative estimate of drug-likeness (QED) is 0.281. The van der Waals surface area contributed by atoms with Gasteiger partial charge in [0.25, 0.3) is 0 Å². The van der Waals surface area contributed by atoms with Crippen molar-refractivity contribution in [2.45, 2.75) is 122 Å². The highest BCUT2D eigenvalue weighted by Crippen LogP contribution is 2.67. The summed E-state index contributed by atoms with van der Waals surface area (Å²) in [7, 11) is 1.47. The van der Waals surface area contributed by atoms with Gasteiger partial charge < -0.3 is 34.6 Å². The van der Waals surface area contributed by atoms with Gasteiger partial charge in [0.1, 0.15) is 24.4 Å². The van der Waals surface area contributed by atoms with Crippen molar-refractivity contribution in [1.29, 1.82) is 0 Å². The highest BCUT2D eigenvalue weighted by Gasteiger charge is 2.59. The number of methoxy groups -OCH3 is 1. The molecule has 0 spiro atoms. The van der Waals surface area contributed by atoms with Crippen molar-refractivity contribution < 1.29 is 39.4 Å². The van der Waals surface area contributed by atoms with Crippen molar-refractivity contribution in [3.63, 3.8) is 0 Å². The molecule has 8 unspecified atom stereocenters. The summed E-state index contributed by atoms with van der Waals surface area (Å²) in [6.07, 6.45) is 6.37. The fraction of sp³-hybridized carbons (Fsp3) is 0.903. The normalized spacial score (nSPS) is 48.4. The Kier molecular flexibility index (Phi) is 8.56.